The van der Waals surface area contributed by atoms with Gasteiger partial charge >= 0.3 is 0 Å². The Hall–Kier alpha value is -2.21. The predicted molar refractivity (Wildman–Crippen MR) is 112 cm³/mol. The maximum Gasteiger partial charge on any atom is 0.245 e. The number of para-hydroxylation sites is 1. The van der Waals surface area contributed by atoms with E-state index < -0.39 is 0 Å². The van der Waals surface area contributed by atoms with Crippen molar-refractivity contribution in [3.63, 3.8) is 0 Å². The van der Waals surface area contributed by atoms with E-state index in [4.69, 9.17) is 4.98 Å². The molecule has 3 heterocycles. The zero-order valence-electron chi connectivity index (χ0n) is 16.4. The summed E-state index contributed by atoms with van der Waals surface area (Å²) in [5, 5.41) is 1.19. The first kappa shape index (κ1) is 19.1. The molecule has 0 aliphatic carbocycles. The van der Waals surface area contributed by atoms with E-state index in [0.717, 1.165) is 44.3 Å². The third-order valence-electron chi connectivity index (χ3n) is 6.32. The van der Waals surface area contributed by atoms with E-state index in [1.54, 1.807) is 16.2 Å². The van der Waals surface area contributed by atoms with Crippen LogP contribution < -0.4 is 0 Å². The Balaban J connectivity index is 1.36. The molecule has 0 N–H and O–H groups in total. The Kier molecular flexibility index (Phi) is 5.23. The van der Waals surface area contributed by atoms with Crippen LogP contribution in [0.3, 0.4) is 0 Å². The molecule has 4 rings (SSSR count). The smallest absolute Gasteiger partial charge is 0.245 e. The molecule has 6 heteroatoms. The molecule has 0 saturated carbocycles. The number of thiazole rings is 1. The molecule has 0 radical (unpaired) electrons. The van der Waals surface area contributed by atoms with Crippen LogP contribution in [-0.2, 0) is 15.0 Å². The summed E-state index contributed by atoms with van der Waals surface area (Å²) in [5.41, 5.74) is 1.11. The predicted octanol–water partition coefficient (Wildman–Crippen LogP) is 3.60. The van der Waals surface area contributed by atoms with Gasteiger partial charge in [-0.3, -0.25) is 9.59 Å². The summed E-state index contributed by atoms with van der Waals surface area (Å²) in [6.07, 6.45) is 4.77. The summed E-state index contributed by atoms with van der Waals surface area (Å²) in [4.78, 5) is 33.4. The number of aromatic nitrogens is 1. The van der Waals surface area contributed by atoms with Gasteiger partial charge in [0.05, 0.1) is 15.2 Å². The molecule has 2 fully saturated rings. The van der Waals surface area contributed by atoms with Crippen molar-refractivity contribution in [3.8, 4) is 0 Å². The number of rotatable bonds is 3. The van der Waals surface area contributed by atoms with Crippen LogP contribution in [0.1, 0.15) is 37.6 Å². The second-order valence-corrected chi connectivity index (χ2v) is 9.21. The Morgan fingerprint density at radius 2 is 1.82 bits per heavy atom. The maximum absolute atomic E-state index is 13.0. The van der Waals surface area contributed by atoms with E-state index in [0.29, 0.717) is 13.1 Å². The van der Waals surface area contributed by atoms with Crippen molar-refractivity contribution >= 4 is 33.4 Å². The van der Waals surface area contributed by atoms with Crippen molar-refractivity contribution in [2.75, 3.05) is 26.2 Å². The lowest BCUT2D eigenvalue weighted by Crippen LogP contribution is -2.48. The number of fused-ring (bicyclic) bond motifs is 1. The summed E-state index contributed by atoms with van der Waals surface area (Å²) in [6, 6.07) is 8.29. The molecule has 0 atom stereocenters. The lowest BCUT2D eigenvalue weighted by Gasteiger charge is -2.40. The number of hydrogen-bond acceptors (Lipinski definition) is 4. The van der Waals surface area contributed by atoms with Crippen LogP contribution in [0.25, 0.3) is 10.2 Å². The van der Waals surface area contributed by atoms with Crippen LogP contribution in [0.15, 0.2) is 36.9 Å². The highest BCUT2D eigenvalue weighted by Gasteiger charge is 2.38. The lowest BCUT2D eigenvalue weighted by atomic mass is 9.80. The molecule has 1 aromatic heterocycles. The van der Waals surface area contributed by atoms with E-state index in [-0.39, 0.29) is 23.1 Å². The first-order valence-electron chi connectivity index (χ1n) is 10.1. The molecule has 0 spiro atoms. The third-order valence-corrected chi connectivity index (χ3v) is 7.66. The highest BCUT2D eigenvalue weighted by molar-refractivity contribution is 7.18. The number of carbonyl (C=O) groups excluding carboxylic acids is 2. The van der Waals surface area contributed by atoms with Crippen LogP contribution in [0.2, 0.25) is 0 Å². The number of carbonyl (C=O) groups is 2. The SMILES string of the molecule is C=CC(=O)N1CCC(C(=O)N2CCC(C)(c3nc4ccccc4s3)CC2)CC1. The van der Waals surface area contributed by atoms with Crippen LogP contribution in [0, 0.1) is 5.92 Å². The molecule has 2 aliphatic heterocycles. The van der Waals surface area contributed by atoms with Gasteiger partial charge < -0.3 is 9.80 Å². The van der Waals surface area contributed by atoms with Gasteiger partial charge in [-0.15, -0.1) is 11.3 Å². The van der Waals surface area contributed by atoms with Gasteiger partial charge in [0.1, 0.15) is 0 Å². The molecule has 2 amide bonds. The molecule has 0 bridgehead atoms. The molecule has 1 aromatic carbocycles. The number of piperidine rings is 2. The zero-order chi connectivity index (χ0) is 19.7. The normalized spacial score (nSPS) is 20.3. The van der Waals surface area contributed by atoms with Crippen molar-refractivity contribution in [2.45, 2.75) is 38.0 Å². The second-order valence-electron chi connectivity index (χ2n) is 8.18. The summed E-state index contributed by atoms with van der Waals surface area (Å²) in [5.74, 6) is 0.271. The van der Waals surface area contributed by atoms with Gasteiger partial charge in [0.15, 0.2) is 0 Å². The second kappa shape index (κ2) is 7.66. The van der Waals surface area contributed by atoms with Crippen molar-refractivity contribution in [1.29, 1.82) is 0 Å². The van der Waals surface area contributed by atoms with Gasteiger partial charge in [-0.25, -0.2) is 4.98 Å². The van der Waals surface area contributed by atoms with E-state index in [1.807, 2.05) is 11.0 Å². The first-order chi connectivity index (χ1) is 13.5. The van der Waals surface area contributed by atoms with Gasteiger partial charge in [0, 0.05) is 37.5 Å². The highest BCUT2D eigenvalue weighted by atomic mass is 32.1. The van der Waals surface area contributed by atoms with Crippen LogP contribution in [0.4, 0.5) is 0 Å². The minimum atomic E-state index is -0.0320. The number of hydrogen-bond donors (Lipinski definition) is 0. The van der Waals surface area contributed by atoms with Crippen molar-refractivity contribution in [3.05, 3.63) is 41.9 Å². The molecule has 0 unspecified atom stereocenters. The minimum Gasteiger partial charge on any atom is -0.342 e. The molecular formula is C22H27N3O2S. The maximum atomic E-state index is 13.0. The molecule has 5 nitrogen and oxygen atoms in total. The fourth-order valence-corrected chi connectivity index (χ4v) is 5.47. The van der Waals surface area contributed by atoms with Gasteiger partial charge in [-0.2, -0.15) is 0 Å². The summed E-state index contributed by atoms with van der Waals surface area (Å²) in [7, 11) is 0. The third kappa shape index (κ3) is 3.58. The first-order valence-corrected chi connectivity index (χ1v) is 10.9. The van der Waals surface area contributed by atoms with E-state index in [9.17, 15) is 9.59 Å². The van der Waals surface area contributed by atoms with Crippen molar-refractivity contribution in [1.82, 2.24) is 14.8 Å². The van der Waals surface area contributed by atoms with Crippen LogP contribution in [-0.4, -0.2) is 52.8 Å². The quantitative estimate of drug-likeness (QED) is 0.744. The fraction of sp³-hybridized carbons (Fsp3) is 0.500. The average Bonchev–Trinajstić information content (AvgIpc) is 3.19. The lowest BCUT2D eigenvalue weighted by molar-refractivity contribution is -0.140. The number of benzene rings is 1. The number of nitrogens with zero attached hydrogens (tertiary/aromatic N) is 3. The highest BCUT2D eigenvalue weighted by Crippen LogP contribution is 2.39. The molecule has 148 valence electrons. The number of likely N-dealkylation sites (tertiary alicyclic amines) is 2. The monoisotopic (exact) mass is 397 g/mol. The Labute approximate surface area is 170 Å². The molecule has 2 saturated heterocycles. The molecule has 2 aliphatic rings. The standard InChI is InChI=1S/C22H27N3O2S/c1-3-19(26)24-12-8-16(9-13-24)20(27)25-14-10-22(2,11-15-25)21-23-17-6-4-5-7-18(17)28-21/h3-7,16H,1,8-15H2,2H3. The van der Waals surface area contributed by atoms with Gasteiger partial charge in [0.25, 0.3) is 0 Å². The average molecular weight is 398 g/mol. The van der Waals surface area contributed by atoms with Gasteiger partial charge in [-0.1, -0.05) is 25.6 Å². The molecule has 2 aromatic rings. The molecule has 28 heavy (non-hydrogen) atoms. The number of amides is 2. The van der Waals surface area contributed by atoms with Gasteiger partial charge in [0.2, 0.25) is 11.8 Å². The zero-order valence-corrected chi connectivity index (χ0v) is 17.2. The van der Waals surface area contributed by atoms with Crippen LogP contribution in [0.5, 0.6) is 0 Å². The van der Waals surface area contributed by atoms with Crippen molar-refractivity contribution in [2.24, 2.45) is 5.92 Å². The van der Waals surface area contributed by atoms with Crippen LogP contribution >= 0.6 is 11.3 Å². The van der Waals surface area contributed by atoms with E-state index in [1.165, 1.54) is 15.8 Å². The fourth-order valence-electron chi connectivity index (χ4n) is 4.30. The molecular weight excluding hydrogens is 370 g/mol. The largest absolute Gasteiger partial charge is 0.342 e. The van der Waals surface area contributed by atoms with E-state index in [2.05, 4.69) is 31.7 Å². The van der Waals surface area contributed by atoms with E-state index >= 15 is 0 Å². The van der Waals surface area contributed by atoms with Crippen molar-refractivity contribution < 1.29 is 9.59 Å². The summed E-state index contributed by atoms with van der Waals surface area (Å²) in [6.45, 7) is 8.71. The Bertz CT molecular complexity index is 857. The topological polar surface area (TPSA) is 53.5 Å². The Morgan fingerprint density at radius 3 is 2.46 bits per heavy atom. The van der Waals surface area contributed by atoms with Gasteiger partial charge in [-0.05, 0) is 43.9 Å². The summed E-state index contributed by atoms with van der Waals surface area (Å²) < 4.78 is 1.23. The summed E-state index contributed by atoms with van der Waals surface area (Å²) >= 11 is 1.79. The minimum absolute atomic E-state index is 0.0320. The Morgan fingerprint density at radius 1 is 1.14 bits per heavy atom.